The van der Waals surface area contributed by atoms with Crippen molar-refractivity contribution in [2.75, 3.05) is 18.9 Å². The molecular weight excluding hydrogens is 418 g/mol. The second kappa shape index (κ2) is 11.0. The summed E-state index contributed by atoms with van der Waals surface area (Å²) in [5.41, 5.74) is 17.2. The Morgan fingerprint density at radius 2 is 1.56 bits per heavy atom. The van der Waals surface area contributed by atoms with Crippen LogP contribution in [0.4, 0.5) is 5.95 Å². The molecule has 0 aliphatic carbocycles. The molecule has 0 aliphatic heterocycles. The van der Waals surface area contributed by atoms with Gasteiger partial charge in [0.05, 0.1) is 13.2 Å². The fraction of sp³-hybridized carbons (Fsp3) is 0.650. The summed E-state index contributed by atoms with van der Waals surface area (Å²) in [6.45, 7) is 7.43. The molecule has 12 heteroatoms. The number of hydrogen-bond donors (Lipinski definition) is 5. The maximum absolute atomic E-state index is 12.2. The molecule has 32 heavy (non-hydrogen) atoms. The number of aromatic nitrogens is 4. The average Bonchev–Trinajstić information content (AvgIpc) is 3.12. The Balaban J connectivity index is 2.09. The summed E-state index contributed by atoms with van der Waals surface area (Å²) >= 11 is 0. The number of carbonyl (C=O) groups excluding carboxylic acids is 2. The lowest BCUT2D eigenvalue weighted by atomic mass is 10.0. The largest absolute Gasteiger partial charge is 0.465 e. The lowest BCUT2D eigenvalue weighted by Gasteiger charge is -2.20. The van der Waals surface area contributed by atoms with E-state index in [1.807, 2.05) is 27.7 Å². The summed E-state index contributed by atoms with van der Waals surface area (Å²) in [6, 6.07) is -1.46. The molecule has 1 unspecified atom stereocenters. The number of fused-ring (bicyclic) bond motifs is 1. The third-order valence-corrected chi connectivity index (χ3v) is 5.12. The van der Waals surface area contributed by atoms with E-state index in [2.05, 4.69) is 19.9 Å². The maximum Gasteiger partial charge on any atom is 0.323 e. The Bertz CT molecular complexity index is 984. The standard InChI is InChI=1S/C20H33N7O5/c1-9(2)13(21)18(29)31-6-5-11(8-32-19(30)14(22)10(3)4)7-12-24-15-16(25-12)26-20(23)27-17(15)28/h9-11,13-14H,5-8,21-22H2,1-4H3,(H4,23,24,25,26,27,28)/t11?,13-,14-/m0/s1. The molecule has 0 bridgehead atoms. The second-order valence-electron chi connectivity index (χ2n) is 8.53. The number of nitrogens with one attached hydrogen (secondary N) is 2. The monoisotopic (exact) mass is 451 g/mol. The number of hydrogen-bond acceptors (Lipinski definition) is 10. The number of carbonyl (C=O) groups is 2. The Labute approximate surface area is 185 Å². The van der Waals surface area contributed by atoms with Gasteiger partial charge in [-0.05, 0) is 18.3 Å². The van der Waals surface area contributed by atoms with Crippen molar-refractivity contribution >= 4 is 29.1 Å². The van der Waals surface area contributed by atoms with E-state index in [1.54, 1.807) is 0 Å². The van der Waals surface area contributed by atoms with Crippen LogP contribution in [0, 0.1) is 17.8 Å². The first-order valence-corrected chi connectivity index (χ1v) is 10.6. The van der Waals surface area contributed by atoms with E-state index in [4.69, 9.17) is 26.7 Å². The van der Waals surface area contributed by atoms with E-state index >= 15 is 0 Å². The van der Waals surface area contributed by atoms with Crippen molar-refractivity contribution in [3.8, 4) is 0 Å². The predicted octanol–water partition coefficient (Wildman–Crippen LogP) is -0.170. The SMILES string of the molecule is CC(C)[C@H](N)C(=O)OCCC(COC(=O)[C@@H](N)C(C)C)Cc1nc2nc(N)[nH]c(=O)c2[nH]1. The minimum absolute atomic E-state index is 0.0377. The summed E-state index contributed by atoms with van der Waals surface area (Å²) in [6.07, 6.45) is 0.692. The van der Waals surface area contributed by atoms with Crippen molar-refractivity contribution in [1.82, 2.24) is 19.9 Å². The van der Waals surface area contributed by atoms with Crippen molar-refractivity contribution in [1.29, 1.82) is 0 Å². The van der Waals surface area contributed by atoms with Gasteiger partial charge < -0.3 is 31.7 Å². The number of H-pyrrole nitrogens is 2. The van der Waals surface area contributed by atoms with E-state index in [1.165, 1.54) is 0 Å². The molecule has 0 aromatic carbocycles. The normalized spacial score (nSPS) is 14.5. The van der Waals surface area contributed by atoms with Gasteiger partial charge in [-0.3, -0.25) is 19.4 Å². The first-order valence-electron chi connectivity index (χ1n) is 10.6. The quantitative estimate of drug-likeness (QED) is 0.285. The Kier molecular flexibility index (Phi) is 8.72. The molecule has 0 spiro atoms. The van der Waals surface area contributed by atoms with E-state index in [0.717, 1.165) is 0 Å². The van der Waals surface area contributed by atoms with Gasteiger partial charge in [0, 0.05) is 12.3 Å². The van der Waals surface area contributed by atoms with E-state index in [-0.39, 0.29) is 48.1 Å². The fourth-order valence-corrected chi connectivity index (χ4v) is 2.85. The molecule has 0 aliphatic rings. The van der Waals surface area contributed by atoms with Crippen LogP contribution in [0.1, 0.15) is 39.9 Å². The molecule has 0 fully saturated rings. The highest BCUT2D eigenvalue weighted by molar-refractivity contribution is 5.76. The highest BCUT2D eigenvalue weighted by Crippen LogP contribution is 2.15. The predicted molar refractivity (Wildman–Crippen MR) is 118 cm³/mol. The van der Waals surface area contributed by atoms with Gasteiger partial charge in [0.2, 0.25) is 5.95 Å². The first kappa shape index (κ1) is 25.3. The molecule has 178 valence electrons. The van der Waals surface area contributed by atoms with Crippen LogP contribution >= 0.6 is 0 Å². The third kappa shape index (κ3) is 6.76. The molecule has 2 aromatic heterocycles. The number of nitrogen functional groups attached to an aromatic ring is 1. The highest BCUT2D eigenvalue weighted by Gasteiger charge is 2.23. The molecular formula is C20H33N7O5. The van der Waals surface area contributed by atoms with Gasteiger partial charge in [0.1, 0.15) is 17.9 Å². The van der Waals surface area contributed by atoms with Crippen LogP contribution in [-0.4, -0.2) is 57.2 Å². The Morgan fingerprint density at radius 3 is 2.16 bits per heavy atom. The van der Waals surface area contributed by atoms with Gasteiger partial charge in [0.15, 0.2) is 11.2 Å². The van der Waals surface area contributed by atoms with Gasteiger partial charge in [-0.25, -0.2) is 4.98 Å². The molecule has 3 atom stereocenters. The first-order chi connectivity index (χ1) is 15.0. The maximum atomic E-state index is 12.2. The molecule has 0 amide bonds. The number of rotatable bonds is 11. The Morgan fingerprint density at radius 1 is 0.969 bits per heavy atom. The topological polar surface area (TPSA) is 205 Å². The van der Waals surface area contributed by atoms with Gasteiger partial charge >= 0.3 is 11.9 Å². The molecule has 0 radical (unpaired) electrons. The molecule has 2 aromatic rings. The van der Waals surface area contributed by atoms with Crippen molar-refractivity contribution in [3.63, 3.8) is 0 Å². The minimum Gasteiger partial charge on any atom is -0.465 e. The number of aromatic amines is 2. The van der Waals surface area contributed by atoms with Crippen molar-refractivity contribution in [3.05, 3.63) is 16.2 Å². The summed E-state index contributed by atoms with van der Waals surface area (Å²) in [5.74, 6) is -0.973. The zero-order valence-corrected chi connectivity index (χ0v) is 18.9. The van der Waals surface area contributed by atoms with Crippen LogP contribution in [0.5, 0.6) is 0 Å². The molecule has 2 heterocycles. The number of nitrogens with two attached hydrogens (primary N) is 3. The van der Waals surface area contributed by atoms with Crippen LogP contribution in [0.25, 0.3) is 11.2 Å². The molecule has 2 rings (SSSR count). The highest BCUT2D eigenvalue weighted by atomic mass is 16.5. The third-order valence-electron chi connectivity index (χ3n) is 5.12. The van der Waals surface area contributed by atoms with Gasteiger partial charge in [-0.15, -0.1) is 0 Å². The van der Waals surface area contributed by atoms with Crippen LogP contribution in [0.3, 0.4) is 0 Å². The van der Waals surface area contributed by atoms with Gasteiger partial charge in [-0.1, -0.05) is 27.7 Å². The van der Waals surface area contributed by atoms with E-state index < -0.39 is 29.6 Å². The Hall–Kier alpha value is -2.99. The van der Waals surface area contributed by atoms with Crippen LogP contribution in [-0.2, 0) is 25.5 Å². The minimum atomic E-state index is -0.741. The molecule has 8 N–H and O–H groups in total. The zero-order chi connectivity index (χ0) is 24.0. The van der Waals surface area contributed by atoms with E-state index in [9.17, 15) is 14.4 Å². The fourth-order valence-electron chi connectivity index (χ4n) is 2.85. The van der Waals surface area contributed by atoms with Crippen LogP contribution in [0.15, 0.2) is 4.79 Å². The summed E-state index contributed by atoms with van der Waals surface area (Å²) in [4.78, 5) is 49.8. The lowest BCUT2D eigenvalue weighted by Crippen LogP contribution is -2.38. The summed E-state index contributed by atoms with van der Waals surface area (Å²) < 4.78 is 10.7. The number of imidazole rings is 1. The van der Waals surface area contributed by atoms with E-state index in [0.29, 0.717) is 18.7 Å². The smallest absolute Gasteiger partial charge is 0.323 e. The van der Waals surface area contributed by atoms with Gasteiger partial charge in [-0.2, -0.15) is 4.98 Å². The van der Waals surface area contributed by atoms with Crippen LogP contribution in [0.2, 0.25) is 0 Å². The lowest BCUT2D eigenvalue weighted by molar-refractivity contribution is -0.150. The second-order valence-corrected chi connectivity index (χ2v) is 8.53. The number of anilines is 1. The number of esters is 2. The average molecular weight is 452 g/mol. The van der Waals surface area contributed by atoms with Gasteiger partial charge in [0.25, 0.3) is 5.56 Å². The van der Waals surface area contributed by atoms with Crippen molar-refractivity contribution in [2.24, 2.45) is 29.2 Å². The molecule has 0 saturated heterocycles. The summed E-state index contributed by atoms with van der Waals surface area (Å²) in [7, 11) is 0. The van der Waals surface area contributed by atoms with Crippen LogP contribution < -0.4 is 22.8 Å². The summed E-state index contributed by atoms with van der Waals surface area (Å²) in [5, 5.41) is 0. The molecule has 12 nitrogen and oxygen atoms in total. The van der Waals surface area contributed by atoms with Crippen molar-refractivity contribution < 1.29 is 19.1 Å². The zero-order valence-electron chi connectivity index (χ0n) is 18.9. The van der Waals surface area contributed by atoms with Crippen molar-refractivity contribution in [2.45, 2.75) is 52.6 Å². The number of ether oxygens (including phenoxy) is 2. The molecule has 0 saturated carbocycles. The number of nitrogens with zero attached hydrogens (tertiary/aromatic N) is 2.